The summed E-state index contributed by atoms with van der Waals surface area (Å²) < 4.78 is 19.7. The van der Waals surface area contributed by atoms with E-state index < -0.39 is 11.4 Å². The van der Waals surface area contributed by atoms with Crippen molar-refractivity contribution in [3.63, 3.8) is 0 Å². The Morgan fingerprint density at radius 2 is 1.61 bits per heavy atom. The molecule has 0 unspecified atom stereocenters. The Labute approximate surface area is 210 Å². The van der Waals surface area contributed by atoms with Gasteiger partial charge in [0.05, 0.1) is 17.4 Å². The van der Waals surface area contributed by atoms with Crippen molar-refractivity contribution in [3.05, 3.63) is 65.5 Å². The first-order valence-corrected chi connectivity index (χ1v) is 12.7. The molecule has 2 saturated carbocycles. The summed E-state index contributed by atoms with van der Waals surface area (Å²) in [7, 11) is 0. The van der Waals surface area contributed by atoms with Gasteiger partial charge in [0.1, 0.15) is 11.6 Å². The lowest BCUT2D eigenvalue weighted by Crippen LogP contribution is -2.45. The van der Waals surface area contributed by atoms with Crippen molar-refractivity contribution in [2.75, 3.05) is 13.1 Å². The fourth-order valence-electron chi connectivity index (χ4n) is 5.34. The molecule has 0 spiro atoms. The van der Waals surface area contributed by atoms with E-state index in [1.165, 1.54) is 12.1 Å². The van der Waals surface area contributed by atoms with Crippen LogP contribution >= 0.6 is 0 Å². The Morgan fingerprint density at radius 1 is 0.944 bits per heavy atom. The Balaban J connectivity index is 1.22. The zero-order valence-electron chi connectivity index (χ0n) is 20.3. The molecule has 0 atom stereocenters. The van der Waals surface area contributed by atoms with Crippen LogP contribution in [0.1, 0.15) is 67.3 Å². The fraction of sp³-hybridized carbons (Fsp3) is 0.464. The second kappa shape index (κ2) is 11.5. The van der Waals surface area contributed by atoms with E-state index in [9.17, 15) is 18.8 Å². The summed E-state index contributed by atoms with van der Waals surface area (Å²) in [4.78, 5) is 36.6. The Morgan fingerprint density at radius 3 is 2.25 bits per heavy atom. The average molecular weight is 497 g/mol. The van der Waals surface area contributed by atoms with Gasteiger partial charge in [-0.25, -0.2) is 4.39 Å². The van der Waals surface area contributed by atoms with Crippen LogP contribution in [0.15, 0.2) is 48.5 Å². The molecule has 0 bridgehead atoms. The van der Waals surface area contributed by atoms with Gasteiger partial charge in [0.25, 0.3) is 5.91 Å². The molecule has 0 aromatic heterocycles. The van der Waals surface area contributed by atoms with Gasteiger partial charge in [0.15, 0.2) is 0 Å². The van der Waals surface area contributed by atoms with E-state index in [4.69, 9.17) is 9.84 Å². The number of aliphatic carboxylic acids is 1. The van der Waals surface area contributed by atoms with Crippen molar-refractivity contribution in [1.29, 1.82) is 0 Å². The second-order valence-electron chi connectivity index (χ2n) is 9.77. The maximum Gasteiger partial charge on any atom is 0.306 e. The van der Waals surface area contributed by atoms with Crippen molar-refractivity contribution in [1.82, 2.24) is 10.6 Å². The minimum atomic E-state index is -0.743. The lowest BCUT2D eigenvalue weighted by atomic mass is 9.78. The van der Waals surface area contributed by atoms with E-state index in [-0.39, 0.29) is 42.7 Å². The number of nitrogens with one attached hydrogen (secondary N) is 2. The third kappa shape index (κ3) is 6.04. The molecule has 2 aromatic rings. The third-order valence-electron chi connectivity index (χ3n) is 7.41. The number of ether oxygens (including phenoxy) is 1. The van der Waals surface area contributed by atoms with Gasteiger partial charge >= 0.3 is 5.97 Å². The van der Waals surface area contributed by atoms with Gasteiger partial charge in [-0.1, -0.05) is 25.0 Å². The first-order valence-electron chi connectivity index (χ1n) is 12.7. The van der Waals surface area contributed by atoms with E-state index in [0.717, 1.165) is 12.8 Å². The second-order valence-corrected chi connectivity index (χ2v) is 9.77. The summed E-state index contributed by atoms with van der Waals surface area (Å²) in [5.74, 6) is -1.10. The highest BCUT2D eigenvalue weighted by Crippen LogP contribution is 2.41. The van der Waals surface area contributed by atoms with Crippen LogP contribution in [0.4, 0.5) is 4.39 Å². The number of carboxylic acids is 1. The number of carbonyl (C=O) groups is 3. The topological polar surface area (TPSA) is 105 Å². The predicted octanol–water partition coefficient (Wildman–Crippen LogP) is 4.21. The molecule has 2 aromatic carbocycles. The van der Waals surface area contributed by atoms with Gasteiger partial charge in [-0.15, -0.1) is 0 Å². The summed E-state index contributed by atoms with van der Waals surface area (Å²) in [6.45, 7) is 0.552. The van der Waals surface area contributed by atoms with Gasteiger partial charge in [0.2, 0.25) is 5.91 Å². The number of hydrogen-bond donors (Lipinski definition) is 3. The molecule has 192 valence electrons. The molecule has 2 aliphatic rings. The summed E-state index contributed by atoms with van der Waals surface area (Å²) in [5, 5.41) is 14.8. The van der Waals surface area contributed by atoms with Gasteiger partial charge in [0, 0.05) is 18.7 Å². The number of benzene rings is 2. The van der Waals surface area contributed by atoms with Crippen LogP contribution in [0.25, 0.3) is 0 Å². The first kappa shape index (κ1) is 25.7. The van der Waals surface area contributed by atoms with Gasteiger partial charge < -0.3 is 20.5 Å². The zero-order chi connectivity index (χ0) is 25.5. The van der Waals surface area contributed by atoms with E-state index in [2.05, 4.69) is 10.6 Å². The number of amides is 2. The monoisotopic (exact) mass is 496 g/mol. The zero-order valence-corrected chi connectivity index (χ0v) is 20.3. The summed E-state index contributed by atoms with van der Waals surface area (Å²) >= 11 is 0. The lowest BCUT2D eigenvalue weighted by Gasteiger charge is -2.28. The van der Waals surface area contributed by atoms with E-state index in [0.29, 0.717) is 55.4 Å². The Kier molecular flexibility index (Phi) is 8.23. The molecule has 4 rings (SSSR count). The van der Waals surface area contributed by atoms with Crippen LogP contribution in [-0.2, 0) is 15.0 Å². The number of halogens is 1. The van der Waals surface area contributed by atoms with Crippen molar-refractivity contribution in [2.45, 2.75) is 62.9 Å². The standard InChI is InChI=1S/C28H33FN2O5/c29-22-5-3-4-21(18-22)28(14-1-2-15-28)27(35)31-17-16-30-25(32)19-6-10-23(11-7-19)36-24-12-8-20(9-13-24)26(33)34/h3-7,10-11,18,20,24H,1-2,8-9,12-17H2,(H,30,32)(H,31,35)(H,33,34)/t20-,24+. The number of rotatable bonds is 9. The van der Waals surface area contributed by atoms with Crippen molar-refractivity contribution >= 4 is 17.8 Å². The predicted molar refractivity (Wildman–Crippen MR) is 132 cm³/mol. The van der Waals surface area contributed by atoms with Crippen molar-refractivity contribution in [3.8, 4) is 5.75 Å². The highest BCUT2D eigenvalue weighted by molar-refractivity contribution is 5.94. The molecule has 0 aliphatic heterocycles. The maximum atomic E-state index is 13.8. The minimum Gasteiger partial charge on any atom is -0.490 e. The molecule has 2 amide bonds. The fourth-order valence-corrected chi connectivity index (χ4v) is 5.34. The SMILES string of the molecule is O=C(NCCNC(=O)C1(c2cccc(F)c2)CCCC1)c1ccc(O[C@H]2CC[C@@H](C(=O)O)CC2)cc1. The first-order chi connectivity index (χ1) is 17.4. The van der Waals surface area contributed by atoms with Crippen molar-refractivity contribution in [2.24, 2.45) is 5.92 Å². The molecule has 0 heterocycles. The minimum absolute atomic E-state index is 0.0144. The molecule has 0 saturated heterocycles. The molecule has 3 N–H and O–H groups in total. The highest BCUT2D eigenvalue weighted by atomic mass is 19.1. The molecule has 0 radical (unpaired) electrons. The highest BCUT2D eigenvalue weighted by Gasteiger charge is 2.42. The molecule has 8 heteroatoms. The largest absolute Gasteiger partial charge is 0.490 e. The van der Waals surface area contributed by atoms with Gasteiger partial charge in [-0.05, 0) is 80.5 Å². The van der Waals surface area contributed by atoms with Crippen LogP contribution in [0, 0.1) is 11.7 Å². The summed E-state index contributed by atoms with van der Waals surface area (Å²) in [6, 6.07) is 13.1. The van der Waals surface area contributed by atoms with Crippen LogP contribution in [0.5, 0.6) is 5.75 Å². The molecular formula is C28H33FN2O5. The molecule has 36 heavy (non-hydrogen) atoms. The van der Waals surface area contributed by atoms with E-state index >= 15 is 0 Å². The Hall–Kier alpha value is -3.42. The smallest absolute Gasteiger partial charge is 0.306 e. The Bertz CT molecular complexity index is 1070. The van der Waals surface area contributed by atoms with E-state index in [1.54, 1.807) is 30.3 Å². The van der Waals surface area contributed by atoms with Crippen LogP contribution in [0.2, 0.25) is 0 Å². The van der Waals surface area contributed by atoms with E-state index in [1.807, 2.05) is 6.07 Å². The van der Waals surface area contributed by atoms with Gasteiger partial charge in [-0.3, -0.25) is 14.4 Å². The van der Waals surface area contributed by atoms with Crippen LogP contribution < -0.4 is 15.4 Å². The third-order valence-corrected chi connectivity index (χ3v) is 7.41. The van der Waals surface area contributed by atoms with Crippen molar-refractivity contribution < 1.29 is 28.6 Å². The number of carboxylic acid groups (broad SMARTS) is 1. The normalized spacial score (nSPS) is 20.9. The van der Waals surface area contributed by atoms with Gasteiger partial charge in [-0.2, -0.15) is 0 Å². The number of hydrogen-bond acceptors (Lipinski definition) is 4. The molecular weight excluding hydrogens is 463 g/mol. The lowest BCUT2D eigenvalue weighted by molar-refractivity contribution is -0.143. The summed E-state index contributed by atoms with van der Waals surface area (Å²) in [6.07, 6.45) is 5.82. The molecule has 7 nitrogen and oxygen atoms in total. The molecule has 2 fully saturated rings. The molecule has 2 aliphatic carbocycles. The maximum absolute atomic E-state index is 13.8. The number of carbonyl (C=O) groups excluding carboxylic acids is 2. The quantitative estimate of drug-likeness (QED) is 0.451. The average Bonchev–Trinajstić information content (AvgIpc) is 3.39. The van der Waals surface area contributed by atoms with Crippen LogP contribution in [0.3, 0.4) is 0 Å². The van der Waals surface area contributed by atoms with Crippen LogP contribution in [-0.4, -0.2) is 42.1 Å². The summed E-state index contributed by atoms with van der Waals surface area (Å²) in [5.41, 5.74) is 0.475.